The van der Waals surface area contributed by atoms with E-state index >= 15 is 0 Å². The van der Waals surface area contributed by atoms with Crippen molar-refractivity contribution in [1.82, 2.24) is 0 Å². The second-order valence-corrected chi connectivity index (χ2v) is 7.32. The standard InChI is InChI=1S/C19H26O4S/c1-4-19(17(20)22-5-2,18(21)23-6-3)24-16-10-8-7-9-15(16)13-14-11-12-14/h7-10,14H,4-6,11-13H2,1-3H3. The number of carbonyl (C=O) groups is 2. The van der Waals surface area contributed by atoms with E-state index in [4.69, 9.17) is 9.47 Å². The number of esters is 2. The fourth-order valence-corrected chi connectivity index (χ4v) is 3.85. The van der Waals surface area contributed by atoms with Crippen LogP contribution in [0.5, 0.6) is 0 Å². The lowest BCUT2D eigenvalue weighted by Crippen LogP contribution is -2.45. The van der Waals surface area contributed by atoms with Crippen molar-refractivity contribution in [2.45, 2.75) is 56.1 Å². The fourth-order valence-electron chi connectivity index (χ4n) is 2.62. The highest BCUT2D eigenvalue weighted by Crippen LogP contribution is 2.42. The number of ether oxygens (including phenoxy) is 2. The minimum absolute atomic E-state index is 0.240. The van der Waals surface area contributed by atoms with Crippen molar-refractivity contribution in [3.8, 4) is 0 Å². The quantitative estimate of drug-likeness (QED) is 0.383. The molecule has 4 nitrogen and oxygen atoms in total. The van der Waals surface area contributed by atoms with Crippen LogP contribution in [0.2, 0.25) is 0 Å². The number of rotatable bonds is 9. The van der Waals surface area contributed by atoms with Crippen LogP contribution < -0.4 is 0 Å². The van der Waals surface area contributed by atoms with Crippen LogP contribution in [0.4, 0.5) is 0 Å². The van der Waals surface area contributed by atoms with Gasteiger partial charge in [0.1, 0.15) is 0 Å². The largest absolute Gasteiger partial charge is 0.465 e. The lowest BCUT2D eigenvalue weighted by atomic mass is 10.1. The van der Waals surface area contributed by atoms with E-state index in [-0.39, 0.29) is 13.2 Å². The molecule has 5 heteroatoms. The first-order valence-corrected chi connectivity index (χ1v) is 9.50. The summed E-state index contributed by atoms with van der Waals surface area (Å²) in [4.78, 5) is 26.2. The van der Waals surface area contributed by atoms with Gasteiger partial charge in [-0.2, -0.15) is 0 Å². The van der Waals surface area contributed by atoms with Gasteiger partial charge >= 0.3 is 11.9 Å². The molecular formula is C19H26O4S. The molecule has 24 heavy (non-hydrogen) atoms. The molecule has 132 valence electrons. The van der Waals surface area contributed by atoms with Crippen LogP contribution in [0.3, 0.4) is 0 Å². The van der Waals surface area contributed by atoms with E-state index in [1.165, 1.54) is 30.2 Å². The fraction of sp³-hybridized carbons (Fsp3) is 0.579. The number of hydrogen-bond donors (Lipinski definition) is 0. The lowest BCUT2D eigenvalue weighted by molar-refractivity contribution is -0.158. The molecule has 1 aromatic carbocycles. The van der Waals surface area contributed by atoms with Gasteiger partial charge in [0.25, 0.3) is 0 Å². The summed E-state index contributed by atoms with van der Waals surface area (Å²) in [5.41, 5.74) is 1.19. The normalized spacial score (nSPS) is 14.3. The summed E-state index contributed by atoms with van der Waals surface area (Å²) in [5.74, 6) is -0.303. The van der Waals surface area contributed by atoms with E-state index in [0.717, 1.165) is 17.2 Å². The molecule has 0 unspecified atom stereocenters. The van der Waals surface area contributed by atoms with Crippen LogP contribution >= 0.6 is 11.8 Å². The highest BCUT2D eigenvalue weighted by atomic mass is 32.2. The topological polar surface area (TPSA) is 52.6 Å². The molecule has 0 amide bonds. The summed E-state index contributed by atoms with van der Waals surface area (Å²) in [6, 6.07) is 8.00. The van der Waals surface area contributed by atoms with Gasteiger partial charge < -0.3 is 9.47 Å². The van der Waals surface area contributed by atoms with E-state index in [1.807, 2.05) is 25.1 Å². The first-order chi connectivity index (χ1) is 11.6. The Hall–Kier alpha value is -1.49. The molecule has 1 saturated carbocycles. The molecule has 0 spiro atoms. The van der Waals surface area contributed by atoms with E-state index in [0.29, 0.717) is 6.42 Å². The van der Waals surface area contributed by atoms with Crippen LogP contribution in [-0.2, 0) is 25.5 Å². The zero-order valence-electron chi connectivity index (χ0n) is 14.7. The van der Waals surface area contributed by atoms with E-state index < -0.39 is 16.7 Å². The van der Waals surface area contributed by atoms with Crippen LogP contribution in [0.15, 0.2) is 29.2 Å². The third-order valence-electron chi connectivity index (χ3n) is 4.17. The summed E-state index contributed by atoms with van der Waals surface area (Å²) >= 11 is 1.28. The number of thioether (sulfide) groups is 1. The molecular weight excluding hydrogens is 324 g/mol. The van der Waals surface area contributed by atoms with E-state index in [9.17, 15) is 9.59 Å². The first kappa shape index (κ1) is 18.8. The second kappa shape index (κ2) is 8.56. The van der Waals surface area contributed by atoms with Gasteiger partial charge in [-0.25, -0.2) is 9.59 Å². The van der Waals surface area contributed by atoms with Crippen molar-refractivity contribution in [1.29, 1.82) is 0 Å². The summed E-state index contributed by atoms with van der Waals surface area (Å²) in [5, 5.41) is 0. The molecule has 0 radical (unpaired) electrons. The van der Waals surface area contributed by atoms with E-state index in [2.05, 4.69) is 6.07 Å². The third kappa shape index (κ3) is 4.32. The molecule has 0 saturated heterocycles. The summed E-state index contributed by atoms with van der Waals surface area (Å²) in [6.45, 7) is 5.79. The molecule has 1 fully saturated rings. The molecule has 0 N–H and O–H groups in total. The van der Waals surface area contributed by atoms with Crippen LogP contribution in [0.25, 0.3) is 0 Å². The van der Waals surface area contributed by atoms with Gasteiger partial charge in [0, 0.05) is 4.90 Å². The molecule has 0 aliphatic heterocycles. The maximum absolute atomic E-state index is 12.6. The molecule has 1 aromatic rings. The van der Waals surface area contributed by atoms with Gasteiger partial charge in [-0.1, -0.05) is 36.9 Å². The van der Waals surface area contributed by atoms with Gasteiger partial charge in [0.15, 0.2) is 0 Å². The average Bonchev–Trinajstić information content (AvgIpc) is 3.38. The molecule has 2 rings (SSSR count). The van der Waals surface area contributed by atoms with Crippen molar-refractivity contribution >= 4 is 23.7 Å². The Bertz CT molecular complexity index is 562. The van der Waals surface area contributed by atoms with Crippen LogP contribution in [-0.4, -0.2) is 29.9 Å². The summed E-state index contributed by atoms with van der Waals surface area (Å²) in [7, 11) is 0. The van der Waals surface area contributed by atoms with Crippen molar-refractivity contribution in [3.05, 3.63) is 29.8 Å². The van der Waals surface area contributed by atoms with Crippen molar-refractivity contribution in [3.63, 3.8) is 0 Å². The van der Waals surface area contributed by atoms with Crippen LogP contribution in [0, 0.1) is 5.92 Å². The third-order valence-corrected chi connectivity index (χ3v) is 5.76. The number of carbonyl (C=O) groups excluding carboxylic acids is 2. The minimum Gasteiger partial charge on any atom is -0.465 e. The van der Waals surface area contributed by atoms with Gasteiger partial charge in [0.2, 0.25) is 4.75 Å². The van der Waals surface area contributed by atoms with Gasteiger partial charge in [-0.05, 0) is 57.1 Å². The molecule has 0 aromatic heterocycles. The molecule has 0 heterocycles. The van der Waals surface area contributed by atoms with Crippen molar-refractivity contribution < 1.29 is 19.1 Å². The summed E-state index contributed by atoms with van der Waals surface area (Å²) in [6.07, 6.45) is 3.84. The zero-order chi connectivity index (χ0) is 17.6. The lowest BCUT2D eigenvalue weighted by Gasteiger charge is -2.28. The molecule has 1 aliphatic carbocycles. The first-order valence-electron chi connectivity index (χ1n) is 8.68. The van der Waals surface area contributed by atoms with Crippen molar-refractivity contribution in [2.75, 3.05) is 13.2 Å². The monoisotopic (exact) mass is 350 g/mol. The number of benzene rings is 1. The van der Waals surface area contributed by atoms with Crippen LogP contribution in [0.1, 0.15) is 45.6 Å². The Balaban J connectivity index is 2.33. The van der Waals surface area contributed by atoms with Gasteiger partial charge in [-0.3, -0.25) is 0 Å². The molecule has 1 aliphatic rings. The SMILES string of the molecule is CCOC(=O)C(CC)(Sc1ccccc1CC1CC1)C(=O)OCC. The van der Waals surface area contributed by atoms with E-state index in [1.54, 1.807) is 13.8 Å². The highest BCUT2D eigenvalue weighted by molar-refractivity contribution is 8.02. The highest BCUT2D eigenvalue weighted by Gasteiger charge is 2.49. The second-order valence-electron chi connectivity index (χ2n) is 5.98. The summed E-state index contributed by atoms with van der Waals surface area (Å²) < 4.78 is 9.08. The maximum Gasteiger partial charge on any atom is 0.334 e. The Morgan fingerprint density at radius 1 is 1.08 bits per heavy atom. The molecule has 0 bridgehead atoms. The van der Waals surface area contributed by atoms with Gasteiger partial charge in [0.05, 0.1) is 13.2 Å². The Labute approximate surface area is 148 Å². The minimum atomic E-state index is -1.34. The maximum atomic E-state index is 12.6. The predicted octanol–water partition coefficient (Wildman–Crippen LogP) is 4.01. The van der Waals surface area contributed by atoms with Crippen molar-refractivity contribution in [2.24, 2.45) is 5.92 Å². The molecule has 0 atom stereocenters. The Morgan fingerprint density at radius 3 is 2.17 bits per heavy atom. The number of hydrogen-bond acceptors (Lipinski definition) is 5. The predicted molar refractivity (Wildman–Crippen MR) is 95.0 cm³/mol. The average molecular weight is 350 g/mol. The smallest absolute Gasteiger partial charge is 0.334 e. The Kier molecular flexibility index (Phi) is 6.72. The van der Waals surface area contributed by atoms with Gasteiger partial charge in [-0.15, -0.1) is 0 Å². The Morgan fingerprint density at radius 2 is 1.67 bits per heavy atom. The zero-order valence-corrected chi connectivity index (χ0v) is 15.5.